The Kier molecular flexibility index (Phi) is 5.31. The SMILES string of the molecule is O=C(COC(=O)Cc1ccsc1)Nc1cccc(Br)c1. The summed E-state index contributed by atoms with van der Waals surface area (Å²) in [4.78, 5) is 23.1. The molecule has 1 heterocycles. The summed E-state index contributed by atoms with van der Waals surface area (Å²) >= 11 is 4.83. The number of nitrogens with one attached hydrogen (secondary N) is 1. The number of hydrogen-bond acceptors (Lipinski definition) is 4. The average molecular weight is 354 g/mol. The van der Waals surface area contributed by atoms with E-state index in [1.165, 1.54) is 11.3 Å². The zero-order valence-electron chi connectivity index (χ0n) is 10.5. The Morgan fingerprint density at radius 3 is 2.85 bits per heavy atom. The first-order chi connectivity index (χ1) is 9.63. The van der Waals surface area contributed by atoms with Crippen molar-refractivity contribution in [3.63, 3.8) is 0 Å². The van der Waals surface area contributed by atoms with E-state index in [0.29, 0.717) is 5.69 Å². The van der Waals surface area contributed by atoms with Crippen LogP contribution in [0.25, 0.3) is 0 Å². The van der Waals surface area contributed by atoms with Crippen LogP contribution in [0.5, 0.6) is 0 Å². The lowest BCUT2D eigenvalue weighted by molar-refractivity contribution is -0.146. The van der Waals surface area contributed by atoms with Crippen molar-refractivity contribution in [1.82, 2.24) is 0 Å². The fourth-order valence-corrected chi connectivity index (χ4v) is 2.59. The number of amides is 1. The average Bonchev–Trinajstić information content (AvgIpc) is 2.89. The number of esters is 1. The van der Waals surface area contributed by atoms with Gasteiger partial charge in [-0.15, -0.1) is 0 Å². The third-order valence-corrected chi connectivity index (χ3v) is 3.63. The van der Waals surface area contributed by atoms with Crippen LogP contribution in [0.2, 0.25) is 0 Å². The number of anilines is 1. The van der Waals surface area contributed by atoms with Gasteiger partial charge in [-0.2, -0.15) is 11.3 Å². The van der Waals surface area contributed by atoms with E-state index in [1.54, 1.807) is 12.1 Å². The van der Waals surface area contributed by atoms with Gasteiger partial charge in [0.05, 0.1) is 6.42 Å². The molecule has 1 N–H and O–H groups in total. The van der Waals surface area contributed by atoms with Crippen LogP contribution in [-0.4, -0.2) is 18.5 Å². The quantitative estimate of drug-likeness (QED) is 0.839. The Morgan fingerprint density at radius 2 is 2.15 bits per heavy atom. The number of ether oxygens (including phenoxy) is 1. The summed E-state index contributed by atoms with van der Waals surface area (Å²) in [6.45, 7) is -0.282. The van der Waals surface area contributed by atoms with Gasteiger partial charge in [-0.05, 0) is 40.6 Å². The fourth-order valence-electron chi connectivity index (χ4n) is 1.52. The van der Waals surface area contributed by atoms with E-state index in [4.69, 9.17) is 4.74 Å². The molecule has 1 aromatic heterocycles. The van der Waals surface area contributed by atoms with Crippen LogP contribution in [0.3, 0.4) is 0 Å². The van der Waals surface area contributed by atoms with Gasteiger partial charge in [0.15, 0.2) is 6.61 Å². The molecule has 1 aromatic carbocycles. The van der Waals surface area contributed by atoms with E-state index in [0.717, 1.165) is 10.0 Å². The summed E-state index contributed by atoms with van der Waals surface area (Å²) in [5.41, 5.74) is 1.55. The predicted octanol–water partition coefficient (Wildman–Crippen LogP) is 3.24. The standard InChI is InChI=1S/C14H12BrNO3S/c15-11-2-1-3-12(7-11)16-13(17)8-19-14(18)6-10-4-5-20-9-10/h1-5,7,9H,6,8H2,(H,16,17). The zero-order chi connectivity index (χ0) is 14.4. The first kappa shape index (κ1) is 14.7. The Bertz CT molecular complexity index is 598. The van der Waals surface area contributed by atoms with E-state index in [-0.39, 0.29) is 18.9 Å². The molecule has 0 unspecified atom stereocenters. The molecule has 0 bridgehead atoms. The minimum atomic E-state index is -0.409. The molecule has 0 radical (unpaired) electrons. The highest BCUT2D eigenvalue weighted by atomic mass is 79.9. The molecular weight excluding hydrogens is 342 g/mol. The van der Waals surface area contributed by atoms with Gasteiger partial charge in [0.25, 0.3) is 5.91 Å². The van der Waals surface area contributed by atoms with Gasteiger partial charge in [0, 0.05) is 10.2 Å². The van der Waals surface area contributed by atoms with E-state index in [1.807, 2.05) is 29.0 Å². The summed E-state index contributed by atoms with van der Waals surface area (Å²) in [5, 5.41) is 6.42. The number of carbonyl (C=O) groups is 2. The maximum absolute atomic E-state index is 11.6. The Balaban J connectivity index is 1.76. The maximum atomic E-state index is 11.6. The zero-order valence-corrected chi connectivity index (χ0v) is 12.9. The van der Waals surface area contributed by atoms with Gasteiger partial charge in [-0.3, -0.25) is 9.59 Å². The van der Waals surface area contributed by atoms with Gasteiger partial charge in [-0.25, -0.2) is 0 Å². The summed E-state index contributed by atoms with van der Waals surface area (Å²) in [5.74, 6) is -0.769. The van der Waals surface area contributed by atoms with E-state index in [2.05, 4.69) is 21.2 Å². The van der Waals surface area contributed by atoms with Crippen molar-refractivity contribution in [2.75, 3.05) is 11.9 Å². The Labute approximate surface area is 128 Å². The molecule has 2 aromatic rings. The molecule has 0 fully saturated rings. The van der Waals surface area contributed by atoms with Crippen LogP contribution in [0.4, 0.5) is 5.69 Å². The molecular formula is C14H12BrNO3S. The molecule has 0 aliphatic rings. The van der Waals surface area contributed by atoms with Crippen molar-refractivity contribution in [3.8, 4) is 0 Å². The molecule has 0 spiro atoms. The fraction of sp³-hybridized carbons (Fsp3) is 0.143. The molecule has 2 rings (SSSR count). The number of carbonyl (C=O) groups excluding carboxylic acids is 2. The first-order valence-electron chi connectivity index (χ1n) is 5.85. The second-order valence-electron chi connectivity index (χ2n) is 4.03. The molecule has 6 heteroatoms. The Morgan fingerprint density at radius 1 is 1.30 bits per heavy atom. The van der Waals surface area contributed by atoms with Crippen molar-refractivity contribution in [1.29, 1.82) is 0 Å². The van der Waals surface area contributed by atoms with Gasteiger partial charge in [0.1, 0.15) is 0 Å². The second-order valence-corrected chi connectivity index (χ2v) is 5.72. The predicted molar refractivity (Wildman–Crippen MR) is 81.8 cm³/mol. The molecule has 20 heavy (non-hydrogen) atoms. The minimum Gasteiger partial charge on any atom is -0.455 e. The third kappa shape index (κ3) is 4.79. The number of rotatable bonds is 5. The van der Waals surface area contributed by atoms with Crippen molar-refractivity contribution < 1.29 is 14.3 Å². The van der Waals surface area contributed by atoms with Gasteiger partial charge in [-0.1, -0.05) is 22.0 Å². The van der Waals surface area contributed by atoms with Crippen LogP contribution in [0.15, 0.2) is 45.6 Å². The maximum Gasteiger partial charge on any atom is 0.310 e. The first-order valence-corrected chi connectivity index (χ1v) is 7.59. The number of hydrogen-bond donors (Lipinski definition) is 1. The topological polar surface area (TPSA) is 55.4 Å². The molecule has 0 saturated heterocycles. The van der Waals surface area contributed by atoms with Crippen LogP contribution in [0, 0.1) is 0 Å². The number of benzene rings is 1. The van der Waals surface area contributed by atoms with Crippen molar-refractivity contribution in [2.24, 2.45) is 0 Å². The summed E-state index contributed by atoms with van der Waals surface area (Å²) < 4.78 is 5.79. The summed E-state index contributed by atoms with van der Waals surface area (Å²) in [6, 6.07) is 9.05. The molecule has 0 atom stereocenters. The summed E-state index contributed by atoms with van der Waals surface area (Å²) in [7, 11) is 0. The largest absolute Gasteiger partial charge is 0.455 e. The highest BCUT2D eigenvalue weighted by Crippen LogP contribution is 2.15. The van der Waals surface area contributed by atoms with Crippen LogP contribution < -0.4 is 5.32 Å². The van der Waals surface area contributed by atoms with Crippen molar-refractivity contribution in [2.45, 2.75) is 6.42 Å². The Hall–Kier alpha value is -1.66. The molecule has 4 nitrogen and oxygen atoms in total. The van der Waals surface area contributed by atoms with Crippen LogP contribution in [0.1, 0.15) is 5.56 Å². The van der Waals surface area contributed by atoms with Crippen LogP contribution >= 0.6 is 27.3 Å². The van der Waals surface area contributed by atoms with Crippen molar-refractivity contribution in [3.05, 3.63) is 51.1 Å². The summed E-state index contributed by atoms with van der Waals surface area (Å²) in [6.07, 6.45) is 0.188. The second kappa shape index (κ2) is 7.21. The van der Waals surface area contributed by atoms with Gasteiger partial charge >= 0.3 is 5.97 Å². The number of halogens is 1. The monoisotopic (exact) mass is 353 g/mol. The molecule has 104 valence electrons. The van der Waals surface area contributed by atoms with Gasteiger partial charge < -0.3 is 10.1 Å². The lowest BCUT2D eigenvalue weighted by Gasteiger charge is -2.06. The van der Waals surface area contributed by atoms with Gasteiger partial charge in [0.2, 0.25) is 0 Å². The van der Waals surface area contributed by atoms with E-state index in [9.17, 15) is 9.59 Å². The molecule has 0 saturated carbocycles. The number of thiophene rings is 1. The lowest BCUT2D eigenvalue weighted by Crippen LogP contribution is -2.21. The highest BCUT2D eigenvalue weighted by Gasteiger charge is 2.09. The lowest BCUT2D eigenvalue weighted by atomic mass is 10.2. The van der Waals surface area contributed by atoms with E-state index < -0.39 is 5.97 Å². The van der Waals surface area contributed by atoms with E-state index >= 15 is 0 Å². The molecule has 0 aliphatic heterocycles. The highest BCUT2D eigenvalue weighted by molar-refractivity contribution is 9.10. The van der Waals surface area contributed by atoms with Crippen LogP contribution in [-0.2, 0) is 20.7 Å². The smallest absolute Gasteiger partial charge is 0.310 e. The molecule has 1 amide bonds. The normalized spacial score (nSPS) is 10.1. The minimum absolute atomic E-state index is 0.188. The molecule has 0 aliphatic carbocycles. The van der Waals surface area contributed by atoms with Crippen molar-refractivity contribution >= 4 is 44.8 Å². The third-order valence-electron chi connectivity index (χ3n) is 2.40.